The first-order chi connectivity index (χ1) is 13.3. The lowest BCUT2D eigenvalue weighted by molar-refractivity contribution is 0.0748. The van der Waals surface area contributed by atoms with E-state index in [-0.39, 0.29) is 30.7 Å². The Morgan fingerprint density at radius 3 is 2.69 bits per heavy atom. The van der Waals surface area contributed by atoms with E-state index in [9.17, 15) is 4.79 Å². The molecule has 0 saturated carbocycles. The van der Waals surface area contributed by atoms with Gasteiger partial charge in [0.15, 0.2) is 5.65 Å². The maximum absolute atomic E-state index is 13.0. The Bertz CT molecular complexity index is 956. The fourth-order valence-corrected chi connectivity index (χ4v) is 4.25. The molecular weight excluding hydrogens is 409 g/mol. The number of piperidine rings is 1. The Kier molecular flexibility index (Phi) is 6.77. The predicted molar refractivity (Wildman–Crippen MR) is 118 cm³/mol. The van der Waals surface area contributed by atoms with E-state index in [4.69, 9.17) is 0 Å². The van der Waals surface area contributed by atoms with Crippen molar-refractivity contribution in [3.8, 4) is 0 Å². The number of carbonyl (C=O) groups excluding carboxylic acids is 1. The number of hydrogen-bond acceptors (Lipinski definition) is 4. The van der Waals surface area contributed by atoms with Crippen molar-refractivity contribution in [2.75, 3.05) is 19.6 Å². The molecule has 2 bridgehead atoms. The second kappa shape index (κ2) is 9.11. The van der Waals surface area contributed by atoms with Gasteiger partial charge < -0.3 is 14.8 Å². The monoisotopic (exact) mass is 433 g/mol. The van der Waals surface area contributed by atoms with E-state index in [2.05, 4.69) is 27.4 Å². The molecule has 5 heterocycles. The summed E-state index contributed by atoms with van der Waals surface area (Å²) in [7, 11) is 0. The Morgan fingerprint density at radius 1 is 1.10 bits per heavy atom. The summed E-state index contributed by atoms with van der Waals surface area (Å²) in [6.45, 7) is 3.37. The van der Waals surface area contributed by atoms with Crippen LogP contribution in [0.1, 0.15) is 28.8 Å². The first kappa shape index (κ1) is 21.6. The molecule has 0 radical (unpaired) electrons. The first-order valence-electron chi connectivity index (χ1n) is 9.64. The summed E-state index contributed by atoms with van der Waals surface area (Å²) in [6.07, 6.45) is 5.88. The van der Waals surface area contributed by atoms with Gasteiger partial charge in [-0.3, -0.25) is 4.79 Å². The zero-order chi connectivity index (χ0) is 18.2. The number of aromatic nitrogens is 3. The highest BCUT2D eigenvalue weighted by Gasteiger charge is 2.31. The van der Waals surface area contributed by atoms with Gasteiger partial charge in [-0.1, -0.05) is 30.3 Å². The predicted octanol–water partition coefficient (Wildman–Crippen LogP) is 3.15. The van der Waals surface area contributed by atoms with Crippen LogP contribution >= 0.6 is 24.8 Å². The molecule has 0 aliphatic carbocycles. The number of fused-ring (bicyclic) bond motifs is 5. The highest BCUT2D eigenvalue weighted by atomic mass is 35.5. The Balaban J connectivity index is 0.00000120. The summed E-state index contributed by atoms with van der Waals surface area (Å²) in [5.41, 5.74) is 3.42. The molecular formula is C21H25Cl2N5O. The molecule has 6 nitrogen and oxygen atoms in total. The zero-order valence-electron chi connectivity index (χ0n) is 16.0. The lowest BCUT2D eigenvalue weighted by atomic mass is 9.97. The summed E-state index contributed by atoms with van der Waals surface area (Å²) in [5, 5.41) is 3.55. The molecule has 1 aromatic carbocycles. The molecule has 3 fully saturated rings. The van der Waals surface area contributed by atoms with Crippen LogP contribution in [-0.4, -0.2) is 51.0 Å². The van der Waals surface area contributed by atoms with Crippen LogP contribution in [0.25, 0.3) is 11.2 Å². The number of pyridine rings is 1. The van der Waals surface area contributed by atoms with Gasteiger partial charge in [0.1, 0.15) is 5.52 Å². The van der Waals surface area contributed by atoms with Gasteiger partial charge in [-0.25, -0.2) is 9.97 Å². The van der Waals surface area contributed by atoms with Crippen molar-refractivity contribution in [2.24, 2.45) is 5.92 Å². The van der Waals surface area contributed by atoms with Crippen LogP contribution in [-0.2, 0) is 6.54 Å². The maximum Gasteiger partial charge on any atom is 0.255 e. The van der Waals surface area contributed by atoms with Crippen molar-refractivity contribution in [1.29, 1.82) is 0 Å². The topological polar surface area (TPSA) is 63.1 Å². The second-order valence-corrected chi connectivity index (χ2v) is 7.68. The van der Waals surface area contributed by atoms with Crippen LogP contribution in [0.5, 0.6) is 0 Å². The van der Waals surface area contributed by atoms with E-state index in [0.717, 1.165) is 43.8 Å². The third-order valence-electron chi connectivity index (χ3n) is 5.72. The largest absolute Gasteiger partial charge is 0.337 e. The highest BCUT2D eigenvalue weighted by molar-refractivity contribution is 5.96. The standard InChI is InChI=1S/C21H23N5O.2ClH/c27-21(25-12-16-6-7-18(13-25)22-9-16)17-8-19-20(23-10-17)26(14-24-19)11-15-4-2-1-3-5-15;;/h1-5,8,10,14,16,18,22H,6-7,9,11-13H2;2*1H/t16-,18-;;/m0../s1. The number of carbonyl (C=O) groups is 1. The first-order valence-corrected chi connectivity index (χ1v) is 9.64. The summed E-state index contributed by atoms with van der Waals surface area (Å²) < 4.78 is 2.02. The zero-order valence-corrected chi connectivity index (χ0v) is 17.7. The molecule has 3 aliphatic heterocycles. The molecule has 2 aromatic heterocycles. The van der Waals surface area contributed by atoms with E-state index in [0.29, 0.717) is 17.5 Å². The summed E-state index contributed by atoms with van der Waals surface area (Å²) in [4.78, 5) is 24.1. The van der Waals surface area contributed by atoms with Crippen LogP contribution in [0.15, 0.2) is 48.9 Å². The Morgan fingerprint density at radius 2 is 1.93 bits per heavy atom. The van der Waals surface area contributed by atoms with Crippen LogP contribution in [0.3, 0.4) is 0 Å². The quantitative estimate of drug-likeness (QED) is 0.688. The molecule has 154 valence electrons. The smallest absolute Gasteiger partial charge is 0.255 e. The highest BCUT2D eigenvalue weighted by Crippen LogP contribution is 2.23. The average molecular weight is 434 g/mol. The lowest BCUT2D eigenvalue weighted by Crippen LogP contribution is -2.40. The lowest BCUT2D eigenvalue weighted by Gasteiger charge is -2.23. The molecule has 3 aliphatic rings. The van der Waals surface area contributed by atoms with Gasteiger partial charge in [0.05, 0.1) is 18.4 Å². The van der Waals surface area contributed by atoms with Gasteiger partial charge in [-0.15, -0.1) is 24.8 Å². The minimum absolute atomic E-state index is 0. The van der Waals surface area contributed by atoms with Crippen LogP contribution in [0.2, 0.25) is 0 Å². The normalized spacial score (nSPS) is 20.6. The SMILES string of the molecule is Cl.Cl.O=C(c1cnc2c(c1)ncn2Cc1ccccc1)N1C[C@H]2CC[C@@H](C1)NC2. The van der Waals surface area contributed by atoms with Gasteiger partial charge in [0, 0.05) is 25.3 Å². The van der Waals surface area contributed by atoms with Crippen molar-refractivity contribution in [3.05, 3.63) is 60.0 Å². The molecule has 29 heavy (non-hydrogen) atoms. The minimum atomic E-state index is 0. The Labute approximate surface area is 182 Å². The van der Waals surface area contributed by atoms with Gasteiger partial charge in [-0.05, 0) is 36.9 Å². The molecule has 3 aromatic rings. The fourth-order valence-electron chi connectivity index (χ4n) is 4.25. The van der Waals surface area contributed by atoms with Gasteiger partial charge >= 0.3 is 0 Å². The van der Waals surface area contributed by atoms with Crippen LogP contribution < -0.4 is 5.32 Å². The van der Waals surface area contributed by atoms with Gasteiger partial charge in [0.25, 0.3) is 5.91 Å². The number of nitrogens with zero attached hydrogens (tertiary/aromatic N) is 4. The molecule has 3 saturated heterocycles. The van der Waals surface area contributed by atoms with Crippen LogP contribution in [0.4, 0.5) is 0 Å². The number of imidazole rings is 1. The van der Waals surface area contributed by atoms with Gasteiger partial charge in [0.2, 0.25) is 0 Å². The fraction of sp³-hybridized carbons (Fsp3) is 0.381. The number of amides is 1. The molecule has 2 atom stereocenters. The van der Waals surface area contributed by atoms with E-state index >= 15 is 0 Å². The van der Waals surface area contributed by atoms with Crippen LogP contribution in [0, 0.1) is 5.92 Å². The average Bonchev–Trinajstić information content (AvgIpc) is 2.88. The summed E-state index contributed by atoms with van der Waals surface area (Å²) >= 11 is 0. The van der Waals surface area contributed by atoms with E-state index in [1.54, 1.807) is 12.5 Å². The second-order valence-electron chi connectivity index (χ2n) is 7.68. The molecule has 8 heteroatoms. The summed E-state index contributed by atoms with van der Waals surface area (Å²) in [5.74, 6) is 0.636. The molecule has 6 rings (SSSR count). The molecule has 1 amide bonds. The van der Waals surface area contributed by atoms with Crippen molar-refractivity contribution in [2.45, 2.75) is 25.4 Å². The van der Waals surface area contributed by atoms with E-state index in [1.165, 1.54) is 12.0 Å². The van der Waals surface area contributed by atoms with Crippen molar-refractivity contribution >= 4 is 41.9 Å². The Hall–Kier alpha value is -2.15. The number of hydrogen-bond donors (Lipinski definition) is 1. The number of rotatable bonds is 3. The molecule has 0 unspecified atom stereocenters. The number of nitrogens with one attached hydrogen (secondary N) is 1. The third-order valence-corrected chi connectivity index (χ3v) is 5.72. The van der Waals surface area contributed by atoms with Crippen molar-refractivity contribution in [1.82, 2.24) is 24.8 Å². The molecule has 0 spiro atoms. The molecule has 1 N–H and O–H groups in total. The summed E-state index contributed by atoms with van der Waals surface area (Å²) in [6, 6.07) is 12.6. The van der Waals surface area contributed by atoms with Gasteiger partial charge in [-0.2, -0.15) is 0 Å². The minimum Gasteiger partial charge on any atom is -0.337 e. The van der Waals surface area contributed by atoms with E-state index < -0.39 is 0 Å². The third kappa shape index (κ3) is 4.39. The van der Waals surface area contributed by atoms with Crippen molar-refractivity contribution in [3.63, 3.8) is 0 Å². The van der Waals surface area contributed by atoms with E-state index in [1.807, 2.05) is 33.7 Å². The number of benzene rings is 1. The maximum atomic E-state index is 13.0. The van der Waals surface area contributed by atoms with Crippen molar-refractivity contribution < 1.29 is 4.79 Å². The number of halogens is 2.